The van der Waals surface area contributed by atoms with Gasteiger partial charge >= 0.3 is 0 Å². The molecule has 0 spiro atoms. The maximum Gasteiger partial charge on any atom is 0.237 e. The van der Waals surface area contributed by atoms with Gasteiger partial charge in [0.15, 0.2) is 0 Å². The molecule has 2 amide bonds. The van der Waals surface area contributed by atoms with Crippen molar-refractivity contribution < 1.29 is 9.59 Å². The Bertz CT molecular complexity index is 532. The van der Waals surface area contributed by atoms with Crippen LogP contribution in [0.1, 0.15) is 38.8 Å². The molecule has 1 aromatic rings. The van der Waals surface area contributed by atoms with Crippen molar-refractivity contribution in [2.24, 2.45) is 0 Å². The lowest BCUT2D eigenvalue weighted by Gasteiger charge is -2.28. The van der Waals surface area contributed by atoms with Crippen LogP contribution in [0.2, 0.25) is 0 Å². The summed E-state index contributed by atoms with van der Waals surface area (Å²) in [6, 6.07) is 9.77. The summed E-state index contributed by atoms with van der Waals surface area (Å²) in [5, 5.41) is 3.09. The van der Waals surface area contributed by atoms with Crippen LogP contribution in [0.25, 0.3) is 0 Å². The zero-order valence-electron chi connectivity index (χ0n) is 14.3. The highest BCUT2D eigenvalue weighted by atomic mass is 16.2. The van der Waals surface area contributed by atoms with E-state index in [4.69, 9.17) is 0 Å². The molecule has 1 aliphatic heterocycles. The van der Waals surface area contributed by atoms with Gasteiger partial charge in [-0.25, -0.2) is 0 Å². The van der Waals surface area contributed by atoms with E-state index in [1.807, 2.05) is 49.1 Å². The van der Waals surface area contributed by atoms with Crippen molar-refractivity contribution in [1.82, 2.24) is 15.1 Å². The number of hydrogen-bond donors (Lipinski definition) is 1. The highest BCUT2D eigenvalue weighted by molar-refractivity contribution is 5.81. The minimum atomic E-state index is -0.187. The van der Waals surface area contributed by atoms with Gasteiger partial charge in [-0.05, 0) is 25.8 Å². The molecule has 0 aromatic heterocycles. The zero-order chi connectivity index (χ0) is 16.8. The first kappa shape index (κ1) is 17.5. The van der Waals surface area contributed by atoms with Crippen molar-refractivity contribution in [3.05, 3.63) is 35.9 Å². The minimum absolute atomic E-state index is 0.00755. The largest absolute Gasteiger partial charge is 0.348 e. The molecule has 1 aromatic carbocycles. The van der Waals surface area contributed by atoms with Crippen molar-refractivity contribution in [3.63, 3.8) is 0 Å². The quantitative estimate of drug-likeness (QED) is 0.921. The number of carbonyl (C=O) groups excluding carboxylic acids is 2. The molecule has 2 rings (SSSR count). The summed E-state index contributed by atoms with van der Waals surface area (Å²) in [7, 11) is 0. The second-order valence-corrected chi connectivity index (χ2v) is 6.21. The fraction of sp³-hybridized carbons (Fsp3) is 0.556. The molecule has 1 saturated heterocycles. The first-order valence-corrected chi connectivity index (χ1v) is 8.34. The molecule has 0 bridgehead atoms. The Balaban J connectivity index is 1.90. The number of benzene rings is 1. The minimum Gasteiger partial charge on any atom is -0.348 e. The maximum atomic E-state index is 12.5. The van der Waals surface area contributed by atoms with E-state index in [1.54, 1.807) is 6.92 Å². The molecular weight excluding hydrogens is 290 g/mol. The Labute approximate surface area is 138 Å². The maximum absolute atomic E-state index is 12.5. The van der Waals surface area contributed by atoms with E-state index < -0.39 is 0 Å². The second-order valence-electron chi connectivity index (χ2n) is 6.21. The third-order valence-corrected chi connectivity index (χ3v) is 4.56. The summed E-state index contributed by atoms with van der Waals surface area (Å²) in [6.45, 7) is 8.61. The number of hydrogen-bond acceptors (Lipinski definition) is 3. The summed E-state index contributed by atoms with van der Waals surface area (Å²) in [5.41, 5.74) is 1.10. The Morgan fingerprint density at radius 3 is 2.39 bits per heavy atom. The van der Waals surface area contributed by atoms with Gasteiger partial charge in [-0.2, -0.15) is 0 Å². The summed E-state index contributed by atoms with van der Waals surface area (Å²) in [5.74, 6) is 0.152. The number of rotatable bonds is 4. The van der Waals surface area contributed by atoms with Gasteiger partial charge in [-0.15, -0.1) is 0 Å². The van der Waals surface area contributed by atoms with Gasteiger partial charge in [0.1, 0.15) is 0 Å². The second kappa shape index (κ2) is 8.11. The molecule has 1 heterocycles. The fourth-order valence-electron chi connectivity index (χ4n) is 2.96. The fourth-order valence-corrected chi connectivity index (χ4v) is 2.96. The summed E-state index contributed by atoms with van der Waals surface area (Å²) < 4.78 is 0. The summed E-state index contributed by atoms with van der Waals surface area (Å²) in [4.78, 5) is 28.0. The number of amides is 2. The van der Waals surface area contributed by atoms with Crippen LogP contribution in [-0.4, -0.2) is 53.8 Å². The molecule has 2 atom stereocenters. The van der Waals surface area contributed by atoms with Gasteiger partial charge in [-0.3, -0.25) is 14.5 Å². The Morgan fingerprint density at radius 1 is 1.04 bits per heavy atom. The van der Waals surface area contributed by atoms with Crippen LogP contribution in [0.3, 0.4) is 0 Å². The van der Waals surface area contributed by atoms with Crippen molar-refractivity contribution in [3.8, 4) is 0 Å². The first-order chi connectivity index (χ1) is 11.0. The van der Waals surface area contributed by atoms with E-state index in [1.165, 1.54) is 0 Å². The Hall–Kier alpha value is -1.88. The average molecular weight is 317 g/mol. The molecule has 0 unspecified atom stereocenters. The SMILES string of the molecule is CC(=O)N1CCCN([C@@H](C)C(=O)N[C@@H](C)c2ccccc2)CC1. The third-order valence-electron chi connectivity index (χ3n) is 4.56. The van der Waals surface area contributed by atoms with Crippen molar-refractivity contribution in [1.29, 1.82) is 0 Å². The van der Waals surface area contributed by atoms with E-state index in [2.05, 4.69) is 10.2 Å². The predicted octanol–water partition coefficient (Wildman–Crippen LogP) is 1.81. The highest BCUT2D eigenvalue weighted by Gasteiger charge is 2.25. The molecule has 126 valence electrons. The third kappa shape index (κ3) is 4.79. The molecule has 0 aliphatic carbocycles. The standard InChI is InChI=1S/C18H27N3O2/c1-14(17-8-5-4-6-9-17)19-18(23)15(2)20-10-7-11-21(13-12-20)16(3)22/h4-6,8-9,14-15H,7,10-13H2,1-3H3,(H,19,23)/t14-,15-/m0/s1. The molecule has 1 N–H and O–H groups in total. The van der Waals surface area contributed by atoms with Gasteiger partial charge in [0.25, 0.3) is 0 Å². The van der Waals surface area contributed by atoms with E-state index in [9.17, 15) is 9.59 Å². The first-order valence-electron chi connectivity index (χ1n) is 8.34. The number of nitrogens with one attached hydrogen (secondary N) is 1. The Morgan fingerprint density at radius 2 is 1.74 bits per heavy atom. The monoisotopic (exact) mass is 317 g/mol. The highest BCUT2D eigenvalue weighted by Crippen LogP contribution is 2.13. The topological polar surface area (TPSA) is 52.7 Å². The Kier molecular flexibility index (Phi) is 6.16. The average Bonchev–Trinajstić information content (AvgIpc) is 2.81. The van der Waals surface area contributed by atoms with Crippen LogP contribution in [-0.2, 0) is 9.59 Å². The zero-order valence-corrected chi connectivity index (χ0v) is 14.3. The van der Waals surface area contributed by atoms with E-state index >= 15 is 0 Å². The van der Waals surface area contributed by atoms with Gasteiger partial charge in [0, 0.05) is 33.1 Å². The summed E-state index contributed by atoms with van der Waals surface area (Å²) >= 11 is 0. The molecule has 0 radical (unpaired) electrons. The molecule has 1 aliphatic rings. The molecule has 5 nitrogen and oxygen atoms in total. The van der Waals surface area contributed by atoms with Crippen molar-refractivity contribution in [2.45, 2.75) is 39.3 Å². The van der Waals surface area contributed by atoms with Crippen LogP contribution in [0.15, 0.2) is 30.3 Å². The van der Waals surface area contributed by atoms with Crippen LogP contribution in [0.5, 0.6) is 0 Å². The van der Waals surface area contributed by atoms with Crippen LogP contribution >= 0.6 is 0 Å². The van der Waals surface area contributed by atoms with Crippen LogP contribution in [0.4, 0.5) is 0 Å². The smallest absolute Gasteiger partial charge is 0.237 e. The predicted molar refractivity (Wildman–Crippen MR) is 90.9 cm³/mol. The molecular formula is C18H27N3O2. The van der Waals surface area contributed by atoms with Crippen LogP contribution in [0, 0.1) is 0 Å². The lowest BCUT2D eigenvalue weighted by atomic mass is 10.1. The van der Waals surface area contributed by atoms with E-state index in [-0.39, 0.29) is 23.9 Å². The number of carbonyl (C=O) groups is 2. The van der Waals surface area contributed by atoms with Gasteiger partial charge < -0.3 is 10.2 Å². The van der Waals surface area contributed by atoms with E-state index in [0.29, 0.717) is 6.54 Å². The van der Waals surface area contributed by atoms with E-state index in [0.717, 1.165) is 31.6 Å². The molecule has 0 saturated carbocycles. The lowest BCUT2D eigenvalue weighted by Crippen LogP contribution is -2.47. The van der Waals surface area contributed by atoms with Gasteiger partial charge in [0.2, 0.25) is 11.8 Å². The van der Waals surface area contributed by atoms with Gasteiger partial charge in [-0.1, -0.05) is 30.3 Å². The van der Waals surface area contributed by atoms with Crippen molar-refractivity contribution >= 4 is 11.8 Å². The van der Waals surface area contributed by atoms with Crippen molar-refractivity contribution in [2.75, 3.05) is 26.2 Å². The lowest BCUT2D eigenvalue weighted by molar-refractivity contribution is -0.128. The van der Waals surface area contributed by atoms with Gasteiger partial charge in [0.05, 0.1) is 12.1 Å². The molecule has 1 fully saturated rings. The molecule has 5 heteroatoms. The summed E-state index contributed by atoms with van der Waals surface area (Å²) in [6.07, 6.45) is 0.908. The van der Waals surface area contributed by atoms with Crippen LogP contribution < -0.4 is 5.32 Å². The number of nitrogens with zero attached hydrogens (tertiary/aromatic N) is 2. The molecule has 23 heavy (non-hydrogen) atoms. The normalized spacial score (nSPS) is 18.8.